The van der Waals surface area contributed by atoms with Gasteiger partial charge in [-0.3, -0.25) is 9.80 Å². The predicted molar refractivity (Wildman–Crippen MR) is 279 cm³/mol. The van der Waals surface area contributed by atoms with Gasteiger partial charge in [0.2, 0.25) is 6.79 Å². The lowest BCUT2D eigenvalue weighted by Gasteiger charge is -2.60. The maximum Gasteiger partial charge on any atom is 0.408 e. The molecule has 5 aromatic rings. The molecule has 15 nitrogen and oxygen atoms in total. The van der Waals surface area contributed by atoms with Crippen LogP contribution in [0.3, 0.4) is 0 Å². The first-order valence-corrected chi connectivity index (χ1v) is 26.2. The Balaban J connectivity index is 1.01. The summed E-state index contributed by atoms with van der Waals surface area (Å²) < 4.78 is 55.0. The number of esters is 1. The molecule has 74 heavy (non-hydrogen) atoms. The van der Waals surface area contributed by atoms with Crippen molar-refractivity contribution in [1.29, 1.82) is 5.26 Å². The molecule has 0 saturated carbocycles. The number of hydrogen-bond acceptors (Lipinski definition) is 15. The minimum absolute atomic E-state index is 0.0176. The molecular weight excluding hydrogens is 961 g/mol. The first kappa shape index (κ1) is 50.8. The number of piperazine rings is 1. The van der Waals surface area contributed by atoms with Crippen LogP contribution < -0.4 is 29.0 Å². The van der Waals surface area contributed by atoms with Gasteiger partial charge < -0.3 is 47.9 Å². The van der Waals surface area contributed by atoms with Gasteiger partial charge in [0.15, 0.2) is 29.8 Å². The molecule has 16 heteroatoms. The Morgan fingerprint density at radius 3 is 2.34 bits per heavy atom. The van der Waals surface area contributed by atoms with Gasteiger partial charge in [0.25, 0.3) is 0 Å². The maximum absolute atomic E-state index is 14.9. The molecule has 0 spiro atoms. The predicted octanol–water partition coefficient (Wildman–Crippen LogP) is 8.76. The highest BCUT2D eigenvalue weighted by molar-refractivity contribution is 7.99. The summed E-state index contributed by atoms with van der Waals surface area (Å²) in [4.78, 5) is 33.1. The first-order valence-electron chi connectivity index (χ1n) is 25.0. The quantitative estimate of drug-likeness (QED) is 0.0341. The topological polar surface area (TPSA) is 160 Å². The molecule has 1 amide bonds. The van der Waals surface area contributed by atoms with Gasteiger partial charge >= 0.3 is 12.1 Å². The summed E-state index contributed by atoms with van der Waals surface area (Å²) in [7, 11) is 5.31. The minimum atomic E-state index is -1.10. The molecule has 5 aliphatic rings. The molecule has 6 atom stereocenters. The van der Waals surface area contributed by atoms with Crippen molar-refractivity contribution in [1.82, 2.24) is 15.1 Å². The Hall–Kier alpha value is -6.74. The van der Waals surface area contributed by atoms with Crippen molar-refractivity contribution < 1.29 is 52.2 Å². The van der Waals surface area contributed by atoms with Gasteiger partial charge in [0, 0.05) is 58.9 Å². The van der Waals surface area contributed by atoms with Gasteiger partial charge in [0.1, 0.15) is 37.7 Å². The Labute approximate surface area is 436 Å². The number of ether oxygens (including phenoxy) is 9. The van der Waals surface area contributed by atoms with Crippen molar-refractivity contribution in [3.63, 3.8) is 0 Å². The highest BCUT2D eigenvalue weighted by atomic mass is 32.2. The monoisotopic (exact) mass is 1020 g/mol. The number of thioether (sulfide) groups is 1. The van der Waals surface area contributed by atoms with Crippen molar-refractivity contribution in [3.8, 4) is 45.9 Å². The number of nitrogens with one attached hydrogen (secondary N) is 1. The van der Waals surface area contributed by atoms with E-state index >= 15 is 0 Å². The molecule has 4 aliphatic heterocycles. The number of carbonyl (C=O) groups excluding carboxylic acids is 2. The Morgan fingerprint density at radius 1 is 0.892 bits per heavy atom. The molecular formula is C58H62N4O11S. The second kappa shape index (κ2) is 22.4. The lowest BCUT2D eigenvalue weighted by molar-refractivity contribution is -0.150. The van der Waals surface area contributed by atoms with Crippen LogP contribution in [0.2, 0.25) is 0 Å². The summed E-state index contributed by atoms with van der Waals surface area (Å²) in [5.41, 5.74) is 10.9. The maximum atomic E-state index is 14.9. The molecule has 0 radical (unpaired) electrons. The number of methoxy groups -OCH3 is 2. The number of alkyl carbamates (subject to hydrolysis) is 1. The number of aryl methyl sites for hydroxylation is 1. The fourth-order valence-electron chi connectivity index (χ4n) is 11.8. The van der Waals surface area contributed by atoms with Crippen LogP contribution in [-0.2, 0) is 43.2 Å². The molecule has 1 fully saturated rings. The number of nitrogens with zero attached hydrogens (tertiary/aromatic N) is 3. The number of likely N-dealkylation sites (N-methyl/N-ethyl adjacent to an activating group) is 1. The van der Waals surface area contributed by atoms with E-state index < -0.39 is 36.2 Å². The minimum Gasteiger partial charge on any atom is -0.493 e. The fraction of sp³-hybridized carbons (Fsp3) is 0.397. The van der Waals surface area contributed by atoms with E-state index in [0.29, 0.717) is 60.6 Å². The summed E-state index contributed by atoms with van der Waals surface area (Å²) in [6.07, 6.45) is 1.89. The van der Waals surface area contributed by atoms with Crippen molar-refractivity contribution in [3.05, 3.63) is 148 Å². The molecule has 1 aliphatic carbocycles. The van der Waals surface area contributed by atoms with Crippen LogP contribution in [0.4, 0.5) is 4.79 Å². The van der Waals surface area contributed by atoms with Crippen molar-refractivity contribution >= 4 is 23.8 Å². The summed E-state index contributed by atoms with van der Waals surface area (Å²) in [5.74, 6) is 3.11. The van der Waals surface area contributed by atoms with Gasteiger partial charge in [0.05, 0.1) is 38.5 Å². The molecule has 10 rings (SSSR count). The SMILES string of the molecule is C=CCOc1c(C)c2c(c3c1CC1[C@H]4c5c(cc(C)c(OC)c5OCOCCOC)C[C@@H]([C@H](C#N)N1[C@H]3COC(=O)[C@@H](CSCC1c3ccccc3-c3ccccc31)NC(=O)OCc1ccccc1)N4C)OCO2. The molecule has 0 aromatic heterocycles. The summed E-state index contributed by atoms with van der Waals surface area (Å²) >= 11 is 1.56. The molecule has 1 N–H and O–H groups in total. The van der Waals surface area contributed by atoms with Crippen LogP contribution in [0, 0.1) is 25.2 Å². The molecule has 386 valence electrons. The van der Waals surface area contributed by atoms with E-state index in [-0.39, 0.29) is 57.2 Å². The molecule has 1 saturated heterocycles. The third kappa shape index (κ3) is 9.52. The van der Waals surface area contributed by atoms with Crippen LogP contribution >= 0.6 is 11.8 Å². The average molecular weight is 1020 g/mol. The van der Waals surface area contributed by atoms with Crippen LogP contribution in [0.15, 0.2) is 97.6 Å². The number of fused-ring (bicyclic) bond motifs is 12. The average Bonchev–Trinajstić information content (AvgIpc) is 4.06. The van der Waals surface area contributed by atoms with Gasteiger partial charge in [-0.25, -0.2) is 9.59 Å². The van der Waals surface area contributed by atoms with E-state index in [1.54, 1.807) is 32.1 Å². The van der Waals surface area contributed by atoms with Gasteiger partial charge in [-0.05, 0) is 72.7 Å². The lowest BCUT2D eigenvalue weighted by atomic mass is 9.71. The number of nitriles is 1. The number of benzene rings is 5. The number of amides is 1. The second-order valence-corrected chi connectivity index (χ2v) is 20.2. The van der Waals surface area contributed by atoms with E-state index in [9.17, 15) is 14.9 Å². The van der Waals surface area contributed by atoms with Gasteiger partial charge in [-0.15, -0.1) is 0 Å². The Bertz CT molecular complexity index is 2900. The number of hydrogen-bond donors (Lipinski definition) is 1. The Morgan fingerprint density at radius 2 is 1.62 bits per heavy atom. The second-order valence-electron chi connectivity index (χ2n) is 19.1. The van der Waals surface area contributed by atoms with Crippen LogP contribution in [0.25, 0.3) is 11.1 Å². The number of rotatable bonds is 20. The van der Waals surface area contributed by atoms with E-state index in [0.717, 1.165) is 38.9 Å². The zero-order valence-electron chi connectivity index (χ0n) is 42.4. The molecule has 4 heterocycles. The Kier molecular flexibility index (Phi) is 15.4. The van der Waals surface area contributed by atoms with Crippen LogP contribution in [0.1, 0.15) is 68.1 Å². The fourth-order valence-corrected chi connectivity index (χ4v) is 13.0. The lowest BCUT2D eigenvalue weighted by Crippen LogP contribution is -2.68. The van der Waals surface area contributed by atoms with Crippen LogP contribution in [-0.4, -0.2) is 119 Å². The summed E-state index contributed by atoms with van der Waals surface area (Å²) in [6, 6.07) is 27.5. The highest BCUT2D eigenvalue weighted by Crippen LogP contribution is 2.59. The first-order chi connectivity index (χ1) is 36.2. The smallest absolute Gasteiger partial charge is 0.408 e. The third-order valence-corrected chi connectivity index (χ3v) is 16.2. The molecule has 5 aromatic carbocycles. The molecule has 2 bridgehead atoms. The van der Waals surface area contributed by atoms with E-state index in [2.05, 4.69) is 89.4 Å². The molecule has 1 unspecified atom stereocenters. The van der Waals surface area contributed by atoms with Crippen molar-refractivity contribution in [2.45, 2.75) is 75.5 Å². The highest BCUT2D eigenvalue weighted by Gasteiger charge is 2.57. The largest absolute Gasteiger partial charge is 0.493 e. The summed E-state index contributed by atoms with van der Waals surface area (Å²) in [5, 5.41) is 14.3. The van der Waals surface area contributed by atoms with Crippen molar-refractivity contribution in [2.75, 3.05) is 72.8 Å². The number of carbonyl (C=O) groups is 2. The zero-order valence-corrected chi connectivity index (χ0v) is 43.2. The van der Waals surface area contributed by atoms with E-state index in [1.807, 2.05) is 44.2 Å². The van der Waals surface area contributed by atoms with Crippen LogP contribution in [0.5, 0.6) is 28.7 Å². The van der Waals surface area contributed by atoms with E-state index in [1.165, 1.54) is 22.3 Å². The van der Waals surface area contributed by atoms with E-state index in [4.69, 9.17) is 42.6 Å². The van der Waals surface area contributed by atoms with Crippen molar-refractivity contribution in [2.24, 2.45) is 0 Å². The normalized spacial score (nSPS) is 20.4. The standard InChI is InChI=1S/C58H62N4O11S/c1-7-21-68-53-35(3)54-56(73-33-72-54)50-42(53)26-46-51-49-37(24-34(2)52(66-6)55(49)71-32-67-23-22-65-5)25-45(61(51)4)47(27-59)62(46)48(50)29-69-57(63)44(60-58(64)70-28-36-15-9-8-10-16-36)31-74-30-43-40-19-13-11-17-38(40)39-18-12-14-20-41(39)43/h7-20,24,43-48,51H,1,21-23,25-26,28-33H2,2-6H3,(H,60,64)/t44-,45+,46?,47+,48+,51+/m1/s1. The summed E-state index contributed by atoms with van der Waals surface area (Å²) in [6.45, 7) is 8.60. The van der Waals surface area contributed by atoms with Gasteiger partial charge in [-0.1, -0.05) is 97.6 Å². The third-order valence-electron chi connectivity index (χ3n) is 15.0. The van der Waals surface area contributed by atoms with Gasteiger partial charge in [-0.2, -0.15) is 17.0 Å². The zero-order chi connectivity index (χ0) is 51.5.